The second kappa shape index (κ2) is 15.7. The number of esters is 1. The monoisotopic (exact) mass is 478 g/mol. The smallest absolute Gasteiger partial charge is 0.338 e. The Hall–Kier alpha value is -2.09. The average molecular weight is 479 g/mol. The highest BCUT2D eigenvalue weighted by molar-refractivity contribution is 6.18. The maximum Gasteiger partial charge on any atom is 0.338 e. The first-order chi connectivity index (χ1) is 15.0. The van der Waals surface area contributed by atoms with Gasteiger partial charge in [-0.2, -0.15) is 0 Å². The minimum Gasteiger partial charge on any atom is -0.490 e. The molecule has 2 aromatic rings. The van der Waals surface area contributed by atoms with Gasteiger partial charge < -0.3 is 19.3 Å². The topological polar surface area (TPSA) is 65.0 Å². The molecule has 0 radical (unpaired) electrons. The Morgan fingerprint density at radius 2 is 1.48 bits per heavy atom. The SMILES string of the molecule is CCOC(=O)c1ccc(OCCCCl)c(F)c1.OCc1ccc(OCCCCl)c(F)c1. The molecule has 5 nitrogen and oxygen atoms in total. The Balaban J connectivity index is 0.000000316. The molecule has 0 bridgehead atoms. The van der Waals surface area contributed by atoms with Crippen LogP contribution < -0.4 is 9.47 Å². The molecule has 1 N–H and O–H groups in total. The number of aliphatic hydroxyl groups is 1. The fraction of sp³-hybridized carbons (Fsp3) is 0.409. The van der Waals surface area contributed by atoms with Gasteiger partial charge in [-0.25, -0.2) is 13.6 Å². The highest BCUT2D eigenvalue weighted by Crippen LogP contribution is 2.19. The second-order valence-corrected chi connectivity index (χ2v) is 6.83. The summed E-state index contributed by atoms with van der Waals surface area (Å²) in [5.41, 5.74) is 0.709. The number of halogens is 4. The van der Waals surface area contributed by atoms with Crippen molar-refractivity contribution in [1.29, 1.82) is 0 Å². The summed E-state index contributed by atoms with van der Waals surface area (Å²) in [4.78, 5) is 11.3. The maximum absolute atomic E-state index is 13.5. The van der Waals surface area contributed by atoms with E-state index in [-0.39, 0.29) is 30.3 Å². The van der Waals surface area contributed by atoms with E-state index in [0.717, 1.165) is 6.07 Å². The second-order valence-electron chi connectivity index (χ2n) is 6.07. The van der Waals surface area contributed by atoms with E-state index in [1.54, 1.807) is 13.0 Å². The van der Waals surface area contributed by atoms with Gasteiger partial charge in [0, 0.05) is 11.8 Å². The Morgan fingerprint density at radius 3 is 1.94 bits per heavy atom. The van der Waals surface area contributed by atoms with Gasteiger partial charge >= 0.3 is 5.97 Å². The first-order valence-electron chi connectivity index (χ1n) is 9.70. The van der Waals surface area contributed by atoms with E-state index in [9.17, 15) is 13.6 Å². The molecule has 0 aromatic heterocycles. The van der Waals surface area contributed by atoms with Crippen LogP contribution in [0.5, 0.6) is 11.5 Å². The van der Waals surface area contributed by atoms with Crippen LogP contribution in [0.4, 0.5) is 8.78 Å². The molecule has 2 rings (SSSR count). The van der Waals surface area contributed by atoms with Crippen LogP contribution in [0.3, 0.4) is 0 Å². The Kier molecular flexibility index (Phi) is 13.6. The van der Waals surface area contributed by atoms with Crippen molar-refractivity contribution in [3.8, 4) is 11.5 Å². The largest absolute Gasteiger partial charge is 0.490 e. The van der Waals surface area contributed by atoms with Gasteiger partial charge in [0.1, 0.15) is 0 Å². The lowest BCUT2D eigenvalue weighted by Crippen LogP contribution is -2.06. The molecule has 0 unspecified atom stereocenters. The van der Waals surface area contributed by atoms with E-state index in [2.05, 4.69) is 0 Å². The summed E-state index contributed by atoms with van der Waals surface area (Å²) >= 11 is 10.9. The van der Waals surface area contributed by atoms with Crippen LogP contribution in [0.15, 0.2) is 36.4 Å². The van der Waals surface area contributed by atoms with Crippen molar-refractivity contribution < 1.29 is 32.9 Å². The Morgan fingerprint density at radius 1 is 0.935 bits per heavy atom. The minimum absolute atomic E-state index is 0.114. The third-order valence-electron chi connectivity index (χ3n) is 3.69. The quantitative estimate of drug-likeness (QED) is 0.268. The van der Waals surface area contributed by atoms with Crippen molar-refractivity contribution >= 4 is 29.2 Å². The molecular weight excluding hydrogens is 453 g/mol. The highest BCUT2D eigenvalue weighted by Gasteiger charge is 2.11. The number of hydrogen-bond donors (Lipinski definition) is 1. The fourth-order valence-electron chi connectivity index (χ4n) is 2.19. The van der Waals surface area contributed by atoms with E-state index in [4.69, 9.17) is 42.5 Å². The number of ether oxygens (including phenoxy) is 3. The van der Waals surface area contributed by atoms with Gasteiger partial charge in [0.15, 0.2) is 23.1 Å². The van der Waals surface area contributed by atoms with Gasteiger partial charge in [-0.15, -0.1) is 23.2 Å². The summed E-state index contributed by atoms with van der Waals surface area (Å²) in [6.07, 6.45) is 1.32. The first kappa shape index (κ1) is 26.9. The summed E-state index contributed by atoms with van der Waals surface area (Å²) in [5.74, 6) is -0.302. The third kappa shape index (κ3) is 10.2. The molecule has 2 aromatic carbocycles. The zero-order valence-electron chi connectivity index (χ0n) is 17.2. The van der Waals surface area contributed by atoms with Crippen LogP contribution in [-0.2, 0) is 11.3 Å². The fourth-order valence-corrected chi connectivity index (χ4v) is 2.41. The number of aliphatic hydroxyl groups excluding tert-OH is 1. The van der Waals surface area contributed by atoms with Crippen molar-refractivity contribution in [2.24, 2.45) is 0 Å². The molecule has 0 aliphatic carbocycles. The highest BCUT2D eigenvalue weighted by atomic mass is 35.5. The summed E-state index contributed by atoms with van der Waals surface area (Å²) in [7, 11) is 0. The van der Waals surface area contributed by atoms with Gasteiger partial charge in [-0.3, -0.25) is 0 Å². The van der Waals surface area contributed by atoms with E-state index < -0.39 is 17.6 Å². The summed E-state index contributed by atoms with van der Waals surface area (Å²) in [5, 5.41) is 8.74. The molecule has 0 saturated heterocycles. The van der Waals surface area contributed by atoms with Gasteiger partial charge in [0.05, 0.1) is 32.0 Å². The predicted molar refractivity (Wildman–Crippen MR) is 116 cm³/mol. The van der Waals surface area contributed by atoms with Crippen LogP contribution in [0, 0.1) is 11.6 Å². The van der Waals surface area contributed by atoms with Crippen molar-refractivity contribution in [2.45, 2.75) is 26.4 Å². The zero-order chi connectivity index (χ0) is 23.1. The molecule has 9 heteroatoms. The van der Waals surface area contributed by atoms with E-state index in [1.165, 1.54) is 24.3 Å². The van der Waals surface area contributed by atoms with Crippen molar-refractivity contribution in [3.05, 3.63) is 59.2 Å². The lowest BCUT2D eigenvalue weighted by atomic mass is 10.2. The summed E-state index contributed by atoms with van der Waals surface area (Å²) in [6, 6.07) is 8.38. The van der Waals surface area contributed by atoms with Crippen molar-refractivity contribution in [2.75, 3.05) is 31.6 Å². The van der Waals surface area contributed by atoms with Crippen LogP contribution in [0.25, 0.3) is 0 Å². The number of carbonyl (C=O) groups is 1. The number of benzene rings is 2. The van der Waals surface area contributed by atoms with E-state index >= 15 is 0 Å². The molecule has 0 saturated carbocycles. The van der Waals surface area contributed by atoms with Gasteiger partial charge in [-0.05, 0) is 55.7 Å². The normalized spacial score (nSPS) is 10.1. The van der Waals surface area contributed by atoms with Crippen LogP contribution in [0.1, 0.15) is 35.7 Å². The average Bonchev–Trinajstić information content (AvgIpc) is 2.76. The number of carbonyl (C=O) groups excluding carboxylic acids is 1. The first-order valence-corrected chi connectivity index (χ1v) is 10.8. The van der Waals surface area contributed by atoms with Gasteiger partial charge in [-0.1, -0.05) is 6.07 Å². The standard InChI is InChI=1S/C12H14ClFO3.C10H12ClFO2/c1-2-16-12(15)9-4-5-11(10(14)8-9)17-7-3-6-13;11-4-1-5-14-10-3-2-8(7-13)6-9(10)12/h4-5,8H,2-3,6-7H2,1H3;2-3,6,13H,1,4-5,7H2. The number of hydrogen-bond acceptors (Lipinski definition) is 5. The third-order valence-corrected chi connectivity index (χ3v) is 4.23. The zero-order valence-corrected chi connectivity index (χ0v) is 18.7. The summed E-state index contributed by atoms with van der Waals surface area (Å²) < 4.78 is 41.8. The molecule has 0 fully saturated rings. The number of alkyl halides is 2. The van der Waals surface area contributed by atoms with Crippen molar-refractivity contribution in [1.82, 2.24) is 0 Å². The lowest BCUT2D eigenvalue weighted by molar-refractivity contribution is 0.0525. The molecule has 0 aliphatic rings. The molecule has 0 spiro atoms. The molecular formula is C22H26Cl2F2O5. The van der Waals surface area contributed by atoms with Gasteiger partial charge in [0.25, 0.3) is 0 Å². The van der Waals surface area contributed by atoms with Crippen LogP contribution in [0.2, 0.25) is 0 Å². The molecule has 0 amide bonds. The maximum atomic E-state index is 13.5. The Labute approximate surface area is 190 Å². The summed E-state index contributed by atoms with van der Waals surface area (Å²) in [6.45, 7) is 2.53. The molecule has 31 heavy (non-hydrogen) atoms. The Bertz CT molecular complexity index is 805. The molecule has 0 aliphatic heterocycles. The molecule has 0 atom stereocenters. The van der Waals surface area contributed by atoms with E-state index in [0.29, 0.717) is 43.4 Å². The van der Waals surface area contributed by atoms with E-state index in [1.807, 2.05) is 0 Å². The molecule has 0 heterocycles. The van der Waals surface area contributed by atoms with Gasteiger partial charge in [0.2, 0.25) is 0 Å². The molecule has 172 valence electrons. The van der Waals surface area contributed by atoms with Crippen LogP contribution >= 0.6 is 23.2 Å². The van der Waals surface area contributed by atoms with Crippen molar-refractivity contribution in [3.63, 3.8) is 0 Å². The lowest BCUT2D eigenvalue weighted by Gasteiger charge is -2.07. The minimum atomic E-state index is -0.579. The predicted octanol–water partition coefficient (Wildman–Crippen LogP) is 5.34. The van der Waals surface area contributed by atoms with Crippen LogP contribution in [-0.4, -0.2) is 42.7 Å². The number of rotatable bonds is 11.